The highest BCUT2D eigenvalue weighted by Gasteiger charge is 2.33. The zero-order chi connectivity index (χ0) is 33.4. The molecule has 3 aliphatic rings. The summed E-state index contributed by atoms with van der Waals surface area (Å²) in [7, 11) is 0. The normalized spacial score (nSPS) is 21.7. The molecule has 2 aliphatic heterocycles. The molecular weight excluding hydrogens is 637 g/mol. The number of hydrogen-bond donors (Lipinski definition) is 3. The Bertz CT molecular complexity index is 1890. The van der Waals surface area contributed by atoms with Crippen molar-refractivity contribution in [3.63, 3.8) is 0 Å². The Balaban J connectivity index is 1.21. The molecule has 3 aromatic carbocycles. The summed E-state index contributed by atoms with van der Waals surface area (Å²) < 4.78 is 22.4. The lowest BCUT2D eigenvalue weighted by Gasteiger charge is -2.41. The van der Waals surface area contributed by atoms with Crippen LogP contribution in [0.25, 0.3) is 32.8 Å². The van der Waals surface area contributed by atoms with Crippen LogP contribution in [0.2, 0.25) is 5.02 Å². The summed E-state index contributed by atoms with van der Waals surface area (Å²) in [6.45, 7) is 5.36. The fourth-order valence-electron chi connectivity index (χ4n) is 7.21. The van der Waals surface area contributed by atoms with Crippen molar-refractivity contribution in [1.29, 1.82) is 5.26 Å². The zero-order valence-electron chi connectivity index (χ0n) is 26.4. The molecule has 1 atom stereocenters. The van der Waals surface area contributed by atoms with Crippen LogP contribution < -0.4 is 15.1 Å². The van der Waals surface area contributed by atoms with Crippen LogP contribution in [0.4, 0.5) is 16.2 Å². The first kappa shape index (κ1) is 32.3. The lowest BCUT2D eigenvalue weighted by molar-refractivity contribution is -0.147. The molecule has 0 bridgehead atoms. The first-order valence-corrected chi connectivity index (χ1v) is 16.7. The topological polar surface area (TPSA) is 138 Å². The van der Waals surface area contributed by atoms with E-state index in [0.717, 1.165) is 43.2 Å². The summed E-state index contributed by atoms with van der Waals surface area (Å²) in [4.78, 5) is 27.2. The lowest BCUT2D eigenvalue weighted by atomic mass is 9.82. The average Bonchev–Trinajstić information content (AvgIpc) is 3.06. The molecule has 0 amide bonds. The van der Waals surface area contributed by atoms with Gasteiger partial charge in [-0.2, -0.15) is 10.2 Å². The molecule has 0 unspecified atom stereocenters. The Labute approximate surface area is 282 Å². The maximum absolute atomic E-state index is 16.9. The smallest absolute Gasteiger partial charge is 0.329 e. The third-order valence-electron chi connectivity index (χ3n) is 9.67. The standard InChI is InChI=1S/C35H37ClFN7O4/c36-29-17-28-33(32(37)31(29)27-16-24(45)15-22-3-1-2-4-26(22)27)40-35(41-34(28)44-8-7-39-23(19-44)5-6-38)43-11-9-42(10-12-43)18-21-13-25(14-21)48-20-30(46)47/h1-4,15-17,21,23,25,39,45H,5,7-14,18-20H2,(H,46,47)/t21?,23-,25?/m0/s1. The van der Waals surface area contributed by atoms with E-state index in [4.69, 9.17) is 31.4 Å². The van der Waals surface area contributed by atoms with Gasteiger partial charge >= 0.3 is 5.97 Å². The molecule has 13 heteroatoms. The predicted octanol–water partition coefficient (Wildman–Crippen LogP) is 4.64. The number of aliphatic carboxylic acids is 1. The summed E-state index contributed by atoms with van der Waals surface area (Å²) >= 11 is 6.89. The van der Waals surface area contributed by atoms with Crippen LogP contribution in [-0.4, -0.2) is 102 Å². The second-order valence-electron chi connectivity index (χ2n) is 12.9. The average molecular weight is 674 g/mol. The molecule has 1 aliphatic carbocycles. The number of phenolic OH excluding ortho intramolecular Hbond substituents is 1. The molecule has 11 nitrogen and oxygen atoms in total. The van der Waals surface area contributed by atoms with Gasteiger partial charge in [0.1, 0.15) is 23.7 Å². The minimum absolute atomic E-state index is 0.00996. The SMILES string of the molecule is N#CC[C@H]1CN(c2nc(N3CCN(CC4CC(OCC(=O)O)C4)CC3)nc3c(F)c(-c4cc(O)cc5ccccc45)c(Cl)cc23)CCN1. The number of hydrogen-bond acceptors (Lipinski definition) is 10. The molecule has 48 heavy (non-hydrogen) atoms. The maximum Gasteiger partial charge on any atom is 0.329 e. The van der Waals surface area contributed by atoms with Crippen molar-refractivity contribution >= 4 is 51.0 Å². The molecule has 1 aromatic heterocycles. The van der Waals surface area contributed by atoms with Gasteiger partial charge in [0.2, 0.25) is 5.95 Å². The van der Waals surface area contributed by atoms with Crippen LogP contribution in [0.1, 0.15) is 19.3 Å². The number of nitriles is 1. The van der Waals surface area contributed by atoms with E-state index in [-0.39, 0.29) is 40.6 Å². The fraction of sp³-hybridized carbons (Fsp3) is 0.429. The Morgan fingerprint density at radius 2 is 1.88 bits per heavy atom. The number of nitrogens with one attached hydrogen (secondary N) is 1. The number of ether oxygens (including phenoxy) is 1. The van der Waals surface area contributed by atoms with E-state index in [1.165, 1.54) is 6.07 Å². The highest BCUT2D eigenvalue weighted by atomic mass is 35.5. The molecule has 3 fully saturated rings. The fourth-order valence-corrected chi connectivity index (χ4v) is 7.50. The van der Waals surface area contributed by atoms with E-state index >= 15 is 4.39 Å². The number of carbonyl (C=O) groups is 1. The zero-order valence-corrected chi connectivity index (χ0v) is 27.2. The molecule has 0 spiro atoms. The number of benzene rings is 3. The van der Waals surface area contributed by atoms with Gasteiger partial charge in [-0.25, -0.2) is 14.2 Å². The van der Waals surface area contributed by atoms with Gasteiger partial charge in [-0.3, -0.25) is 4.90 Å². The van der Waals surface area contributed by atoms with Gasteiger partial charge in [-0.05, 0) is 53.3 Å². The minimum atomic E-state index is -0.945. The number of nitrogens with zero attached hydrogens (tertiary/aromatic N) is 6. The van der Waals surface area contributed by atoms with Crippen LogP contribution in [0.3, 0.4) is 0 Å². The van der Waals surface area contributed by atoms with Crippen molar-refractivity contribution in [3.05, 3.63) is 53.3 Å². The molecule has 250 valence electrons. The third kappa shape index (κ3) is 6.56. The van der Waals surface area contributed by atoms with E-state index in [9.17, 15) is 15.2 Å². The minimum Gasteiger partial charge on any atom is -0.508 e. The van der Waals surface area contributed by atoms with Gasteiger partial charge in [0.05, 0.1) is 23.6 Å². The Morgan fingerprint density at radius 1 is 1.08 bits per heavy atom. The van der Waals surface area contributed by atoms with Crippen molar-refractivity contribution in [2.45, 2.75) is 31.4 Å². The van der Waals surface area contributed by atoms with E-state index in [2.05, 4.69) is 26.1 Å². The quantitative estimate of drug-likeness (QED) is 0.229. The highest BCUT2D eigenvalue weighted by Crippen LogP contribution is 2.42. The van der Waals surface area contributed by atoms with E-state index in [1.807, 2.05) is 24.3 Å². The summed E-state index contributed by atoms with van der Waals surface area (Å²) in [5, 5.41) is 34.4. The number of piperazine rings is 2. The van der Waals surface area contributed by atoms with Crippen molar-refractivity contribution in [2.75, 3.05) is 68.8 Å². The Morgan fingerprint density at radius 3 is 2.65 bits per heavy atom. The molecule has 2 saturated heterocycles. The Kier molecular flexibility index (Phi) is 9.20. The van der Waals surface area contributed by atoms with Crippen LogP contribution in [0, 0.1) is 23.1 Å². The molecule has 0 radical (unpaired) electrons. The van der Waals surface area contributed by atoms with E-state index in [1.54, 1.807) is 12.1 Å². The molecule has 3 N–H and O–H groups in total. The summed E-state index contributed by atoms with van der Waals surface area (Å²) in [6.07, 6.45) is 2.08. The van der Waals surface area contributed by atoms with Crippen LogP contribution in [0.5, 0.6) is 5.75 Å². The van der Waals surface area contributed by atoms with Crippen molar-refractivity contribution in [3.8, 4) is 22.9 Å². The summed E-state index contributed by atoms with van der Waals surface area (Å²) in [5.41, 5.74) is 0.806. The van der Waals surface area contributed by atoms with Crippen molar-refractivity contribution < 1.29 is 24.1 Å². The molecule has 1 saturated carbocycles. The van der Waals surface area contributed by atoms with E-state index in [0.29, 0.717) is 67.8 Å². The van der Waals surface area contributed by atoms with Gasteiger partial charge < -0.3 is 30.1 Å². The predicted molar refractivity (Wildman–Crippen MR) is 182 cm³/mol. The number of phenols is 1. The van der Waals surface area contributed by atoms with Crippen LogP contribution in [-0.2, 0) is 9.53 Å². The number of fused-ring (bicyclic) bond motifs is 2. The van der Waals surface area contributed by atoms with Crippen molar-refractivity contribution in [2.24, 2.45) is 5.92 Å². The first-order chi connectivity index (χ1) is 23.3. The maximum atomic E-state index is 16.9. The monoisotopic (exact) mass is 673 g/mol. The number of carboxylic acids is 1. The molecule has 7 rings (SSSR count). The number of aromatic nitrogens is 2. The number of halogens is 2. The highest BCUT2D eigenvalue weighted by molar-refractivity contribution is 6.35. The third-order valence-corrected chi connectivity index (χ3v) is 9.96. The Hall–Kier alpha value is -4.28. The van der Waals surface area contributed by atoms with E-state index < -0.39 is 11.8 Å². The van der Waals surface area contributed by atoms with Gasteiger partial charge in [-0.1, -0.05) is 35.9 Å². The number of anilines is 2. The summed E-state index contributed by atoms with van der Waals surface area (Å²) in [6, 6.07) is 14.6. The second-order valence-corrected chi connectivity index (χ2v) is 13.3. The van der Waals surface area contributed by atoms with Crippen molar-refractivity contribution in [1.82, 2.24) is 20.2 Å². The lowest BCUT2D eigenvalue weighted by Crippen LogP contribution is -2.51. The number of rotatable bonds is 9. The van der Waals surface area contributed by atoms with Gasteiger partial charge in [0.15, 0.2) is 5.82 Å². The molecule has 4 aromatic rings. The summed E-state index contributed by atoms with van der Waals surface area (Å²) in [5.74, 6) is -0.0256. The largest absolute Gasteiger partial charge is 0.508 e. The van der Waals surface area contributed by atoms with Gasteiger partial charge in [0.25, 0.3) is 0 Å². The first-order valence-electron chi connectivity index (χ1n) is 16.3. The van der Waals surface area contributed by atoms with Crippen LogP contribution >= 0.6 is 11.6 Å². The number of aromatic hydroxyl groups is 1. The second kappa shape index (κ2) is 13.7. The number of carboxylic acid groups (broad SMARTS) is 1. The molecule has 3 heterocycles. The van der Waals surface area contributed by atoms with Crippen LogP contribution in [0.15, 0.2) is 42.5 Å². The molecular formula is C35H37ClFN7O4. The van der Waals surface area contributed by atoms with Gasteiger partial charge in [0, 0.05) is 69.3 Å². The van der Waals surface area contributed by atoms with Gasteiger partial charge in [-0.15, -0.1) is 0 Å².